The SMILES string of the molecule is CCc1c(Oc2cc(Cl)cc(Cl)c2)n[nH]c1Cc1nn[nH]n1. The molecule has 0 atom stereocenters. The summed E-state index contributed by atoms with van der Waals surface area (Å²) in [5.74, 6) is 1.60. The fraction of sp³-hybridized carbons (Fsp3) is 0.231. The van der Waals surface area contributed by atoms with Crippen LogP contribution in [-0.4, -0.2) is 30.8 Å². The van der Waals surface area contributed by atoms with Gasteiger partial charge in [0, 0.05) is 15.6 Å². The van der Waals surface area contributed by atoms with Gasteiger partial charge in [-0.3, -0.25) is 5.10 Å². The molecule has 7 nitrogen and oxygen atoms in total. The lowest BCUT2D eigenvalue weighted by Crippen LogP contribution is -1.96. The van der Waals surface area contributed by atoms with E-state index in [9.17, 15) is 0 Å². The summed E-state index contributed by atoms with van der Waals surface area (Å²) in [4.78, 5) is 0. The summed E-state index contributed by atoms with van der Waals surface area (Å²) < 4.78 is 5.79. The van der Waals surface area contributed by atoms with E-state index in [2.05, 4.69) is 30.8 Å². The van der Waals surface area contributed by atoms with Gasteiger partial charge in [0.15, 0.2) is 5.82 Å². The van der Waals surface area contributed by atoms with E-state index in [-0.39, 0.29) is 0 Å². The first-order valence-electron chi connectivity index (χ1n) is 6.58. The molecule has 0 aliphatic heterocycles. The maximum Gasteiger partial charge on any atom is 0.241 e. The van der Waals surface area contributed by atoms with E-state index in [0.29, 0.717) is 33.9 Å². The molecule has 2 aromatic heterocycles. The number of tetrazole rings is 1. The van der Waals surface area contributed by atoms with E-state index < -0.39 is 0 Å². The van der Waals surface area contributed by atoms with Gasteiger partial charge in [-0.25, -0.2) is 0 Å². The highest BCUT2D eigenvalue weighted by atomic mass is 35.5. The quantitative estimate of drug-likeness (QED) is 0.745. The molecule has 22 heavy (non-hydrogen) atoms. The smallest absolute Gasteiger partial charge is 0.241 e. The highest BCUT2D eigenvalue weighted by Crippen LogP contribution is 2.30. The highest BCUT2D eigenvalue weighted by molar-refractivity contribution is 6.34. The Morgan fingerprint density at radius 3 is 2.55 bits per heavy atom. The fourth-order valence-corrected chi connectivity index (χ4v) is 2.60. The fourth-order valence-electron chi connectivity index (χ4n) is 2.09. The van der Waals surface area contributed by atoms with E-state index in [4.69, 9.17) is 27.9 Å². The van der Waals surface area contributed by atoms with Crippen molar-refractivity contribution in [1.82, 2.24) is 30.8 Å². The predicted octanol–water partition coefficient (Wildman–Crippen LogP) is 3.18. The Morgan fingerprint density at radius 1 is 1.14 bits per heavy atom. The number of hydrogen-bond donors (Lipinski definition) is 2. The first-order chi connectivity index (χ1) is 10.7. The van der Waals surface area contributed by atoms with Crippen LogP contribution in [0.4, 0.5) is 0 Å². The van der Waals surface area contributed by atoms with Crippen LogP contribution in [0.25, 0.3) is 0 Å². The lowest BCUT2D eigenvalue weighted by Gasteiger charge is -2.06. The van der Waals surface area contributed by atoms with Crippen LogP contribution in [0.1, 0.15) is 24.0 Å². The molecule has 114 valence electrons. The van der Waals surface area contributed by atoms with Crippen molar-refractivity contribution in [2.24, 2.45) is 0 Å². The van der Waals surface area contributed by atoms with Crippen molar-refractivity contribution < 1.29 is 4.74 Å². The second kappa shape index (κ2) is 6.33. The molecule has 2 N–H and O–H groups in total. The largest absolute Gasteiger partial charge is 0.437 e. The van der Waals surface area contributed by atoms with Gasteiger partial charge in [0.1, 0.15) is 5.75 Å². The number of aromatic amines is 2. The molecule has 0 saturated carbocycles. The number of nitrogens with zero attached hydrogens (tertiary/aromatic N) is 4. The molecular formula is C13H12Cl2N6O. The Labute approximate surface area is 136 Å². The monoisotopic (exact) mass is 338 g/mol. The summed E-state index contributed by atoms with van der Waals surface area (Å²) in [6.45, 7) is 2.02. The van der Waals surface area contributed by atoms with Crippen LogP contribution < -0.4 is 4.74 Å². The highest BCUT2D eigenvalue weighted by Gasteiger charge is 2.16. The second-order valence-electron chi connectivity index (χ2n) is 4.55. The third-order valence-electron chi connectivity index (χ3n) is 3.04. The minimum atomic E-state index is 0.485. The van der Waals surface area contributed by atoms with E-state index in [1.54, 1.807) is 18.2 Å². The number of benzene rings is 1. The molecule has 0 aliphatic carbocycles. The third-order valence-corrected chi connectivity index (χ3v) is 3.48. The van der Waals surface area contributed by atoms with Gasteiger partial charge in [-0.05, 0) is 24.6 Å². The summed E-state index contributed by atoms with van der Waals surface area (Å²) in [6, 6.07) is 5.00. The lowest BCUT2D eigenvalue weighted by atomic mass is 10.1. The molecular weight excluding hydrogens is 327 g/mol. The molecule has 0 spiro atoms. The standard InChI is InChI=1S/C13H12Cl2N6O/c1-2-10-11(6-12-17-20-21-18-12)16-19-13(10)22-9-4-7(14)3-8(15)5-9/h3-5H,2,6H2,1H3,(H,16,19)(H,17,18,20,21). The van der Waals surface area contributed by atoms with Crippen molar-refractivity contribution in [3.63, 3.8) is 0 Å². The van der Waals surface area contributed by atoms with Crippen LogP contribution in [-0.2, 0) is 12.8 Å². The summed E-state index contributed by atoms with van der Waals surface area (Å²) >= 11 is 11.9. The Balaban J connectivity index is 1.86. The molecule has 3 aromatic rings. The van der Waals surface area contributed by atoms with Crippen LogP contribution in [0.5, 0.6) is 11.6 Å². The predicted molar refractivity (Wildman–Crippen MR) is 81.5 cm³/mol. The van der Waals surface area contributed by atoms with Crippen LogP contribution in [0.15, 0.2) is 18.2 Å². The summed E-state index contributed by atoms with van der Waals surface area (Å²) in [6.07, 6.45) is 1.24. The van der Waals surface area contributed by atoms with E-state index in [0.717, 1.165) is 17.7 Å². The molecule has 2 heterocycles. The minimum Gasteiger partial charge on any atom is -0.437 e. The minimum absolute atomic E-state index is 0.485. The van der Waals surface area contributed by atoms with E-state index in [1.807, 2.05) is 6.92 Å². The van der Waals surface area contributed by atoms with E-state index >= 15 is 0 Å². The normalized spacial score (nSPS) is 10.9. The number of H-pyrrole nitrogens is 2. The number of nitrogens with one attached hydrogen (secondary N) is 2. The maximum absolute atomic E-state index is 5.97. The molecule has 0 fully saturated rings. The van der Waals surface area contributed by atoms with Crippen molar-refractivity contribution in [2.75, 3.05) is 0 Å². The Hall–Kier alpha value is -2.12. The topological polar surface area (TPSA) is 92.4 Å². The van der Waals surface area contributed by atoms with Crippen LogP contribution in [0.3, 0.4) is 0 Å². The number of rotatable bonds is 5. The number of halogens is 2. The van der Waals surface area contributed by atoms with Crippen molar-refractivity contribution in [1.29, 1.82) is 0 Å². The maximum atomic E-state index is 5.97. The van der Waals surface area contributed by atoms with Gasteiger partial charge in [0.25, 0.3) is 0 Å². The van der Waals surface area contributed by atoms with Gasteiger partial charge < -0.3 is 4.74 Å². The lowest BCUT2D eigenvalue weighted by molar-refractivity contribution is 0.456. The summed E-state index contributed by atoms with van der Waals surface area (Å²) in [7, 11) is 0. The Bertz CT molecular complexity index is 751. The molecule has 0 aliphatic rings. The average Bonchev–Trinajstić information content (AvgIpc) is 3.08. The molecule has 3 rings (SSSR count). The van der Waals surface area contributed by atoms with Gasteiger partial charge >= 0.3 is 0 Å². The van der Waals surface area contributed by atoms with Gasteiger partial charge in [-0.1, -0.05) is 35.3 Å². The molecule has 0 radical (unpaired) electrons. The molecule has 0 amide bonds. The van der Waals surface area contributed by atoms with Gasteiger partial charge in [0.05, 0.1) is 12.1 Å². The molecule has 0 saturated heterocycles. The van der Waals surface area contributed by atoms with Crippen LogP contribution in [0, 0.1) is 0 Å². The number of hydrogen-bond acceptors (Lipinski definition) is 5. The van der Waals surface area contributed by atoms with Crippen molar-refractivity contribution in [2.45, 2.75) is 19.8 Å². The van der Waals surface area contributed by atoms with Gasteiger partial charge in [-0.15, -0.1) is 15.3 Å². The molecule has 9 heteroatoms. The Morgan fingerprint density at radius 2 is 1.91 bits per heavy atom. The first-order valence-corrected chi connectivity index (χ1v) is 7.33. The molecule has 1 aromatic carbocycles. The van der Waals surface area contributed by atoms with E-state index in [1.165, 1.54) is 0 Å². The van der Waals surface area contributed by atoms with Gasteiger partial charge in [0.2, 0.25) is 5.88 Å². The van der Waals surface area contributed by atoms with Crippen molar-refractivity contribution in [3.05, 3.63) is 45.3 Å². The van der Waals surface area contributed by atoms with Crippen molar-refractivity contribution in [3.8, 4) is 11.6 Å². The zero-order chi connectivity index (χ0) is 15.5. The van der Waals surface area contributed by atoms with Gasteiger partial charge in [-0.2, -0.15) is 5.21 Å². The summed E-state index contributed by atoms with van der Waals surface area (Å²) in [5.41, 5.74) is 1.83. The van der Waals surface area contributed by atoms with Crippen molar-refractivity contribution >= 4 is 23.2 Å². The second-order valence-corrected chi connectivity index (χ2v) is 5.42. The molecule has 0 bridgehead atoms. The summed E-state index contributed by atoms with van der Waals surface area (Å²) in [5, 5.41) is 22.0. The third kappa shape index (κ3) is 3.20. The zero-order valence-electron chi connectivity index (χ0n) is 11.6. The zero-order valence-corrected chi connectivity index (χ0v) is 13.1. The molecule has 0 unspecified atom stereocenters. The first kappa shape index (κ1) is 14.8. The van der Waals surface area contributed by atoms with Crippen LogP contribution in [0.2, 0.25) is 10.0 Å². The average molecular weight is 339 g/mol. The number of aromatic nitrogens is 6. The number of ether oxygens (including phenoxy) is 1. The van der Waals surface area contributed by atoms with Crippen LogP contribution >= 0.6 is 23.2 Å². The Kier molecular flexibility index (Phi) is 4.26.